The van der Waals surface area contributed by atoms with Crippen molar-refractivity contribution < 1.29 is 4.79 Å². The highest BCUT2D eigenvalue weighted by Gasteiger charge is 2.36. The molecule has 0 aliphatic carbocycles. The van der Waals surface area contributed by atoms with Crippen LogP contribution >= 0.6 is 0 Å². The first-order valence-corrected chi connectivity index (χ1v) is 8.88. The number of aromatic nitrogens is 2. The van der Waals surface area contributed by atoms with Crippen LogP contribution in [0.1, 0.15) is 35.2 Å². The largest absolute Gasteiger partial charge is 0.315 e. The molecule has 2 saturated heterocycles. The number of carbonyl (C=O) groups is 1. The summed E-state index contributed by atoms with van der Waals surface area (Å²) in [7, 11) is 0. The second kappa shape index (κ2) is 6.87. The smallest absolute Gasteiger partial charge is 0.179 e. The molecule has 2 fully saturated rings. The van der Waals surface area contributed by atoms with Crippen molar-refractivity contribution in [3.8, 4) is 0 Å². The van der Waals surface area contributed by atoms with Gasteiger partial charge in [0.2, 0.25) is 0 Å². The average Bonchev–Trinajstić information content (AvgIpc) is 3.36. The summed E-state index contributed by atoms with van der Waals surface area (Å²) >= 11 is 0. The minimum Gasteiger partial charge on any atom is -0.315 e. The molecule has 4 rings (SSSR count). The Morgan fingerprint density at radius 3 is 2.83 bits per heavy atom. The number of benzene rings is 1. The number of carbonyl (C=O) groups excluding carboxylic acids is 1. The summed E-state index contributed by atoms with van der Waals surface area (Å²) in [4.78, 5) is 15.4. The van der Waals surface area contributed by atoms with Crippen molar-refractivity contribution in [1.82, 2.24) is 20.0 Å². The SMILES string of the molecule is O=C(c1ccc(Cn2cccn2)cc1)C1CCCN1C1CCNC1. The number of ketones is 1. The van der Waals surface area contributed by atoms with Gasteiger partial charge in [-0.3, -0.25) is 14.4 Å². The molecule has 0 radical (unpaired) electrons. The Balaban J connectivity index is 1.45. The van der Waals surface area contributed by atoms with Crippen molar-refractivity contribution in [3.63, 3.8) is 0 Å². The third-order valence-electron chi connectivity index (χ3n) is 5.24. The van der Waals surface area contributed by atoms with Gasteiger partial charge in [-0.05, 0) is 44.0 Å². The summed E-state index contributed by atoms with van der Waals surface area (Å²) in [5.41, 5.74) is 2.00. The standard InChI is InChI=1S/C19H24N4O/c24-19(18-3-1-12-23(18)17-8-10-20-13-17)16-6-4-15(5-7-16)14-22-11-2-9-21-22/h2,4-7,9,11,17-18,20H,1,3,8,10,12-14H2. The van der Waals surface area contributed by atoms with Crippen LogP contribution in [0.5, 0.6) is 0 Å². The summed E-state index contributed by atoms with van der Waals surface area (Å²) in [6, 6.07) is 10.6. The minimum atomic E-state index is 0.0619. The molecule has 3 heterocycles. The van der Waals surface area contributed by atoms with Gasteiger partial charge in [0.25, 0.3) is 0 Å². The highest BCUT2D eigenvalue weighted by atomic mass is 16.1. The van der Waals surface area contributed by atoms with Gasteiger partial charge >= 0.3 is 0 Å². The van der Waals surface area contributed by atoms with E-state index in [2.05, 4.69) is 15.3 Å². The Morgan fingerprint density at radius 1 is 1.25 bits per heavy atom. The van der Waals surface area contributed by atoms with Crippen molar-refractivity contribution in [2.75, 3.05) is 19.6 Å². The zero-order valence-electron chi connectivity index (χ0n) is 13.9. The van der Waals surface area contributed by atoms with Gasteiger partial charge in [-0.15, -0.1) is 0 Å². The molecular weight excluding hydrogens is 300 g/mol. The van der Waals surface area contributed by atoms with Crippen molar-refractivity contribution in [3.05, 3.63) is 53.9 Å². The summed E-state index contributed by atoms with van der Waals surface area (Å²) in [5, 5.41) is 7.64. The van der Waals surface area contributed by atoms with Gasteiger partial charge in [0.1, 0.15) is 0 Å². The molecular formula is C19H24N4O. The third kappa shape index (κ3) is 3.14. The molecule has 2 aliphatic rings. The Kier molecular flexibility index (Phi) is 4.45. The molecule has 0 amide bonds. The maximum atomic E-state index is 13.0. The molecule has 2 atom stereocenters. The molecule has 2 aliphatic heterocycles. The Morgan fingerprint density at radius 2 is 2.12 bits per heavy atom. The monoisotopic (exact) mass is 324 g/mol. The lowest BCUT2D eigenvalue weighted by Crippen LogP contribution is -2.44. The number of hydrogen-bond donors (Lipinski definition) is 1. The van der Waals surface area contributed by atoms with Gasteiger partial charge in [0.15, 0.2) is 5.78 Å². The van der Waals surface area contributed by atoms with Crippen LogP contribution in [-0.2, 0) is 6.54 Å². The van der Waals surface area contributed by atoms with Crippen LogP contribution in [0.25, 0.3) is 0 Å². The van der Waals surface area contributed by atoms with Crippen LogP contribution in [0.15, 0.2) is 42.7 Å². The number of likely N-dealkylation sites (tertiary alicyclic amines) is 1. The number of rotatable bonds is 5. The Hall–Kier alpha value is -1.98. The second-order valence-electron chi connectivity index (χ2n) is 6.81. The van der Waals surface area contributed by atoms with Gasteiger partial charge < -0.3 is 5.32 Å². The van der Waals surface area contributed by atoms with Crippen LogP contribution in [0.3, 0.4) is 0 Å². The Bertz CT molecular complexity index is 674. The van der Waals surface area contributed by atoms with Gasteiger partial charge in [-0.2, -0.15) is 5.10 Å². The molecule has 0 saturated carbocycles. The lowest BCUT2D eigenvalue weighted by atomic mass is 10.00. The number of nitrogens with one attached hydrogen (secondary N) is 1. The van der Waals surface area contributed by atoms with Gasteiger partial charge in [-0.25, -0.2) is 0 Å². The molecule has 24 heavy (non-hydrogen) atoms. The van der Waals surface area contributed by atoms with Gasteiger partial charge in [-0.1, -0.05) is 24.3 Å². The van der Waals surface area contributed by atoms with E-state index in [1.165, 1.54) is 5.56 Å². The maximum Gasteiger partial charge on any atom is 0.179 e. The van der Waals surface area contributed by atoms with Gasteiger partial charge in [0, 0.05) is 30.5 Å². The first-order valence-electron chi connectivity index (χ1n) is 8.88. The van der Waals surface area contributed by atoms with E-state index in [1.54, 1.807) is 6.20 Å². The molecule has 5 heteroatoms. The number of Topliss-reactive ketones (excluding diaryl/α,β-unsaturated/α-hetero) is 1. The summed E-state index contributed by atoms with van der Waals surface area (Å²) < 4.78 is 1.89. The van der Waals surface area contributed by atoms with Crippen LogP contribution in [0, 0.1) is 0 Å². The quantitative estimate of drug-likeness (QED) is 0.854. The third-order valence-corrected chi connectivity index (χ3v) is 5.24. The molecule has 0 bridgehead atoms. The molecule has 126 valence electrons. The highest BCUT2D eigenvalue weighted by Crippen LogP contribution is 2.26. The molecule has 2 unspecified atom stereocenters. The average molecular weight is 324 g/mol. The van der Waals surface area contributed by atoms with E-state index < -0.39 is 0 Å². The molecule has 0 spiro atoms. The maximum absolute atomic E-state index is 13.0. The molecule has 5 nitrogen and oxygen atoms in total. The second-order valence-corrected chi connectivity index (χ2v) is 6.81. The first kappa shape index (κ1) is 15.5. The predicted molar refractivity (Wildman–Crippen MR) is 93.1 cm³/mol. The van der Waals surface area contributed by atoms with Crippen molar-refractivity contribution in [2.24, 2.45) is 0 Å². The van der Waals surface area contributed by atoms with Crippen molar-refractivity contribution >= 4 is 5.78 Å². The van der Waals surface area contributed by atoms with Gasteiger partial charge in [0.05, 0.1) is 12.6 Å². The number of hydrogen-bond acceptors (Lipinski definition) is 4. The topological polar surface area (TPSA) is 50.2 Å². The first-order chi connectivity index (χ1) is 11.8. The summed E-state index contributed by atoms with van der Waals surface area (Å²) in [6.07, 6.45) is 7.01. The van der Waals surface area contributed by atoms with Crippen LogP contribution in [0.2, 0.25) is 0 Å². The fraction of sp³-hybridized carbons (Fsp3) is 0.474. The molecule has 1 N–H and O–H groups in total. The van der Waals surface area contributed by atoms with Crippen LogP contribution < -0.4 is 5.32 Å². The van der Waals surface area contributed by atoms with E-state index in [9.17, 15) is 4.79 Å². The van der Waals surface area contributed by atoms with E-state index in [-0.39, 0.29) is 11.8 Å². The predicted octanol–water partition coefficient (Wildman–Crippen LogP) is 1.94. The lowest BCUT2D eigenvalue weighted by Gasteiger charge is -2.29. The zero-order chi connectivity index (χ0) is 16.4. The molecule has 1 aromatic heterocycles. The van der Waals surface area contributed by atoms with E-state index >= 15 is 0 Å². The fourth-order valence-electron chi connectivity index (χ4n) is 3.98. The highest BCUT2D eigenvalue weighted by molar-refractivity contribution is 6.00. The molecule has 2 aromatic rings. The summed E-state index contributed by atoms with van der Waals surface area (Å²) in [5.74, 6) is 0.282. The van der Waals surface area contributed by atoms with E-state index in [4.69, 9.17) is 0 Å². The zero-order valence-corrected chi connectivity index (χ0v) is 13.9. The molecule has 1 aromatic carbocycles. The minimum absolute atomic E-state index is 0.0619. The Labute approximate surface area is 142 Å². The summed E-state index contributed by atoms with van der Waals surface area (Å²) in [6.45, 7) is 3.89. The fourth-order valence-corrected chi connectivity index (χ4v) is 3.98. The normalized spacial score (nSPS) is 24.5. The lowest BCUT2D eigenvalue weighted by molar-refractivity contribution is 0.0826. The van der Waals surface area contributed by atoms with E-state index in [0.29, 0.717) is 6.04 Å². The van der Waals surface area contributed by atoms with Crippen LogP contribution in [0.4, 0.5) is 0 Å². The van der Waals surface area contributed by atoms with Crippen molar-refractivity contribution in [2.45, 2.75) is 37.9 Å². The van der Waals surface area contributed by atoms with Crippen LogP contribution in [-0.4, -0.2) is 52.2 Å². The number of nitrogens with zero attached hydrogens (tertiary/aromatic N) is 3. The van der Waals surface area contributed by atoms with E-state index in [0.717, 1.165) is 51.0 Å². The van der Waals surface area contributed by atoms with Crippen molar-refractivity contribution in [1.29, 1.82) is 0 Å². The van der Waals surface area contributed by atoms with E-state index in [1.807, 2.05) is 41.2 Å².